The summed E-state index contributed by atoms with van der Waals surface area (Å²) in [4.78, 5) is 14.8. The van der Waals surface area contributed by atoms with Crippen LogP contribution in [0.3, 0.4) is 0 Å². The lowest BCUT2D eigenvalue weighted by Gasteiger charge is -2.33. The number of amides is 1. The largest absolute Gasteiger partial charge is 0.416 e. The molecule has 1 saturated heterocycles. The Bertz CT molecular complexity index is 838. The van der Waals surface area contributed by atoms with Crippen LogP contribution in [0.4, 0.5) is 18.9 Å². The number of anilines is 1. The minimum absolute atomic E-state index is 0.0459. The first-order valence-corrected chi connectivity index (χ1v) is 9.13. The fourth-order valence-corrected chi connectivity index (χ4v) is 3.97. The van der Waals surface area contributed by atoms with Crippen molar-refractivity contribution in [1.82, 2.24) is 15.1 Å². The highest BCUT2D eigenvalue weighted by Gasteiger charge is 2.36. The fraction of sp³-hybridized carbons (Fsp3) is 0.474. The van der Waals surface area contributed by atoms with E-state index in [9.17, 15) is 18.0 Å². The van der Waals surface area contributed by atoms with E-state index < -0.39 is 11.7 Å². The number of carbonyl (C=O) groups excluding carboxylic acids is 1. The predicted octanol–water partition coefficient (Wildman–Crippen LogP) is 3.59. The zero-order chi connectivity index (χ0) is 19.2. The van der Waals surface area contributed by atoms with Gasteiger partial charge in [0.2, 0.25) is 0 Å². The van der Waals surface area contributed by atoms with E-state index in [4.69, 9.17) is 0 Å². The van der Waals surface area contributed by atoms with Gasteiger partial charge < -0.3 is 10.2 Å². The molecule has 1 aromatic carbocycles. The number of hydrogen-bond donors (Lipinski definition) is 1. The van der Waals surface area contributed by atoms with Crippen LogP contribution in [0.15, 0.2) is 30.5 Å². The molecule has 0 bridgehead atoms. The minimum atomic E-state index is -4.39. The summed E-state index contributed by atoms with van der Waals surface area (Å²) in [5, 5.41) is 7.75. The first-order valence-electron chi connectivity index (χ1n) is 9.13. The van der Waals surface area contributed by atoms with E-state index in [1.807, 2.05) is 6.92 Å². The van der Waals surface area contributed by atoms with Crippen molar-refractivity contribution in [2.45, 2.75) is 37.9 Å². The topological polar surface area (TPSA) is 50.2 Å². The van der Waals surface area contributed by atoms with Gasteiger partial charge in [0.15, 0.2) is 0 Å². The second-order valence-electron chi connectivity index (χ2n) is 7.23. The van der Waals surface area contributed by atoms with Crippen LogP contribution >= 0.6 is 0 Å². The van der Waals surface area contributed by atoms with Crippen LogP contribution in [-0.4, -0.2) is 35.3 Å². The van der Waals surface area contributed by atoms with Crippen molar-refractivity contribution in [2.24, 2.45) is 0 Å². The Kier molecular flexibility index (Phi) is 4.46. The summed E-state index contributed by atoms with van der Waals surface area (Å²) in [6.07, 6.45) is -0.713. The number of nitrogens with one attached hydrogen (secondary N) is 1. The molecular formula is C19H21F3N4O. The SMILES string of the molecule is CC1CN(c2ccc(C(F)(F)F)cc2)C(=O)c2c(C3CCNCC3)cnn21. The molecule has 5 nitrogen and oxygen atoms in total. The molecule has 0 spiro atoms. The molecule has 1 aromatic heterocycles. The maximum atomic E-state index is 13.2. The molecule has 1 unspecified atom stereocenters. The summed E-state index contributed by atoms with van der Waals surface area (Å²) in [7, 11) is 0. The van der Waals surface area contributed by atoms with Gasteiger partial charge in [0.25, 0.3) is 5.91 Å². The Morgan fingerprint density at radius 1 is 1.15 bits per heavy atom. The van der Waals surface area contributed by atoms with E-state index in [0.717, 1.165) is 43.6 Å². The molecule has 0 saturated carbocycles. The van der Waals surface area contributed by atoms with E-state index in [1.165, 1.54) is 12.1 Å². The van der Waals surface area contributed by atoms with Crippen molar-refractivity contribution < 1.29 is 18.0 Å². The molecule has 1 fully saturated rings. The highest BCUT2D eigenvalue weighted by Crippen LogP contribution is 2.35. The maximum Gasteiger partial charge on any atom is 0.416 e. The molecule has 27 heavy (non-hydrogen) atoms. The van der Waals surface area contributed by atoms with Crippen molar-refractivity contribution >= 4 is 11.6 Å². The van der Waals surface area contributed by atoms with Crippen LogP contribution < -0.4 is 10.2 Å². The number of fused-ring (bicyclic) bond motifs is 1. The van der Waals surface area contributed by atoms with Crippen molar-refractivity contribution in [3.8, 4) is 0 Å². The number of benzene rings is 1. The zero-order valence-electron chi connectivity index (χ0n) is 15.0. The van der Waals surface area contributed by atoms with E-state index in [1.54, 1.807) is 15.8 Å². The third-order valence-electron chi connectivity index (χ3n) is 5.42. The smallest absolute Gasteiger partial charge is 0.317 e. The number of carbonyl (C=O) groups is 1. The van der Waals surface area contributed by atoms with E-state index in [-0.39, 0.29) is 17.9 Å². The van der Waals surface area contributed by atoms with Crippen LogP contribution in [0.1, 0.15) is 53.3 Å². The quantitative estimate of drug-likeness (QED) is 0.869. The normalized spacial score (nSPS) is 21.4. The third kappa shape index (κ3) is 3.22. The number of piperidine rings is 1. The van der Waals surface area contributed by atoms with Crippen molar-refractivity contribution in [1.29, 1.82) is 0 Å². The number of nitrogens with zero attached hydrogens (tertiary/aromatic N) is 3. The van der Waals surface area contributed by atoms with Crippen molar-refractivity contribution in [3.05, 3.63) is 47.3 Å². The lowest BCUT2D eigenvalue weighted by molar-refractivity contribution is -0.137. The average molecular weight is 378 g/mol. The Hall–Kier alpha value is -2.35. The minimum Gasteiger partial charge on any atom is -0.317 e. The first kappa shape index (κ1) is 18.0. The lowest BCUT2D eigenvalue weighted by Crippen LogP contribution is -2.43. The molecule has 1 N–H and O–H groups in total. The van der Waals surface area contributed by atoms with Crippen LogP contribution in [0.2, 0.25) is 0 Å². The molecule has 2 aliphatic heterocycles. The lowest BCUT2D eigenvalue weighted by atomic mass is 9.89. The predicted molar refractivity (Wildman–Crippen MR) is 94.9 cm³/mol. The summed E-state index contributed by atoms with van der Waals surface area (Å²) >= 11 is 0. The number of aromatic nitrogens is 2. The molecule has 144 valence electrons. The third-order valence-corrected chi connectivity index (χ3v) is 5.42. The van der Waals surface area contributed by atoms with Gasteiger partial charge in [-0.15, -0.1) is 0 Å². The molecular weight excluding hydrogens is 357 g/mol. The van der Waals surface area contributed by atoms with E-state index in [2.05, 4.69) is 10.4 Å². The number of alkyl halides is 3. The Balaban J connectivity index is 1.67. The summed E-state index contributed by atoms with van der Waals surface area (Å²) in [5.41, 5.74) is 1.28. The van der Waals surface area contributed by atoms with Crippen LogP contribution in [-0.2, 0) is 6.18 Å². The molecule has 8 heteroatoms. The van der Waals surface area contributed by atoms with Crippen LogP contribution in [0.25, 0.3) is 0 Å². The van der Waals surface area contributed by atoms with Crippen LogP contribution in [0, 0.1) is 0 Å². The Labute approximate surface area is 155 Å². The summed E-state index contributed by atoms with van der Waals surface area (Å²) in [6.45, 7) is 4.15. The Morgan fingerprint density at radius 3 is 2.44 bits per heavy atom. The molecule has 0 radical (unpaired) electrons. The second kappa shape index (κ2) is 6.67. The van der Waals surface area contributed by atoms with E-state index >= 15 is 0 Å². The first-order chi connectivity index (χ1) is 12.9. The van der Waals surface area contributed by atoms with Crippen molar-refractivity contribution in [3.63, 3.8) is 0 Å². The van der Waals surface area contributed by atoms with E-state index in [0.29, 0.717) is 17.9 Å². The van der Waals surface area contributed by atoms with Gasteiger partial charge in [-0.1, -0.05) is 0 Å². The molecule has 0 aliphatic carbocycles. The van der Waals surface area contributed by atoms with Gasteiger partial charge in [-0.25, -0.2) is 0 Å². The van der Waals surface area contributed by atoms with Gasteiger partial charge in [-0.05, 0) is 63.0 Å². The maximum absolute atomic E-state index is 13.2. The average Bonchev–Trinajstić information content (AvgIpc) is 3.11. The zero-order valence-corrected chi connectivity index (χ0v) is 15.0. The molecule has 3 heterocycles. The number of rotatable bonds is 2. The van der Waals surface area contributed by atoms with Gasteiger partial charge in [0.1, 0.15) is 5.69 Å². The molecule has 2 aromatic rings. The van der Waals surface area contributed by atoms with Gasteiger partial charge in [-0.3, -0.25) is 9.48 Å². The standard InChI is InChI=1S/C19H21F3N4O/c1-12-11-25(15-4-2-14(3-5-15)19(20,21)22)18(27)17-16(10-24-26(12)17)13-6-8-23-9-7-13/h2-5,10,12-13,23H,6-9,11H2,1H3. The fourth-order valence-electron chi connectivity index (χ4n) is 3.97. The molecule has 1 amide bonds. The highest BCUT2D eigenvalue weighted by atomic mass is 19.4. The van der Waals surface area contributed by atoms with Gasteiger partial charge >= 0.3 is 6.18 Å². The molecule has 1 atom stereocenters. The van der Waals surface area contributed by atoms with Crippen LogP contribution in [0.5, 0.6) is 0 Å². The molecule has 2 aliphatic rings. The monoisotopic (exact) mass is 378 g/mol. The molecule has 4 rings (SSSR count). The summed E-state index contributed by atoms with van der Waals surface area (Å²) < 4.78 is 40.2. The highest BCUT2D eigenvalue weighted by molar-refractivity contribution is 6.06. The van der Waals surface area contributed by atoms with Gasteiger partial charge in [-0.2, -0.15) is 18.3 Å². The summed E-state index contributed by atoms with van der Waals surface area (Å²) in [6, 6.07) is 4.73. The number of hydrogen-bond acceptors (Lipinski definition) is 3. The number of halogens is 3. The van der Waals surface area contributed by atoms with Gasteiger partial charge in [0.05, 0.1) is 17.8 Å². The Morgan fingerprint density at radius 2 is 1.81 bits per heavy atom. The van der Waals surface area contributed by atoms with Crippen molar-refractivity contribution in [2.75, 3.05) is 24.5 Å². The van der Waals surface area contributed by atoms with Gasteiger partial charge in [0, 0.05) is 17.8 Å². The second-order valence-corrected chi connectivity index (χ2v) is 7.23. The summed E-state index contributed by atoms with van der Waals surface area (Å²) in [5.74, 6) is 0.0811.